The molecule has 1 heterocycles. The minimum atomic E-state index is -0.119. The maximum atomic E-state index is 9.49. The molecular formula is C17H28N2O. The molecule has 0 aromatic heterocycles. The van der Waals surface area contributed by atoms with Gasteiger partial charge in [-0.25, -0.2) is 0 Å². The van der Waals surface area contributed by atoms with E-state index in [0.717, 1.165) is 26.1 Å². The predicted molar refractivity (Wildman–Crippen MR) is 83.7 cm³/mol. The van der Waals surface area contributed by atoms with Gasteiger partial charge in [-0.1, -0.05) is 37.3 Å². The molecular weight excluding hydrogens is 248 g/mol. The molecule has 1 atom stereocenters. The summed E-state index contributed by atoms with van der Waals surface area (Å²) in [6, 6.07) is 11.2. The normalized spacial score (nSPS) is 20.8. The fourth-order valence-corrected chi connectivity index (χ4v) is 2.83. The quantitative estimate of drug-likeness (QED) is 0.837. The van der Waals surface area contributed by atoms with E-state index < -0.39 is 0 Å². The summed E-state index contributed by atoms with van der Waals surface area (Å²) < 4.78 is 0. The lowest BCUT2D eigenvalue weighted by Gasteiger charge is -2.38. The molecule has 1 aliphatic heterocycles. The van der Waals surface area contributed by atoms with Gasteiger partial charge in [0.25, 0.3) is 0 Å². The second-order valence-corrected chi connectivity index (χ2v) is 6.25. The van der Waals surface area contributed by atoms with E-state index in [1.165, 1.54) is 18.4 Å². The molecule has 0 amide bonds. The molecule has 0 bridgehead atoms. The Morgan fingerprint density at radius 1 is 1.25 bits per heavy atom. The molecule has 1 aromatic rings. The molecule has 3 nitrogen and oxygen atoms in total. The Balaban J connectivity index is 1.78. The molecule has 0 saturated carbocycles. The molecule has 1 unspecified atom stereocenters. The Hall–Kier alpha value is -0.900. The first-order chi connectivity index (χ1) is 9.65. The van der Waals surface area contributed by atoms with Gasteiger partial charge in [0.2, 0.25) is 0 Å². The Labute approximate surface area is 123 Å². The van der Waals surface area contributed by atoms with Crippen LogP contribution in [0.25, 0.3) is 0 Å². The fourth-order valence-electron chi connectivity index (χ4n) is 2.83. The van der Waals surface area contributed by atoms with E-state index in [1.54, 1.807) is 0 Å². The maximum absolute atomic E-state index is 9.49. The van der Waals surface area contributed by atoms with Crippen molar-refractivity contribution in [2.75, 3.05) is 19.7 Å². The molecule has 0 radical (unpaired) electrons. The summed E-state index contributed by atoms with van der Waals surface area (Å²) >= 11 is 0. The lowest BCUT2D eigenvalue weighted by molar-refractivity contribution is 0.124. The second-order valence-electron chi connectivity index (χ2n) is 6.25. The lowest BCUT2D eigenvalue weighted by Crippen LogP contribution is -2.53. The smallest absolute Gasteiger partial charge is 0.0610 e. The highest BCUT2D eigenvalue weighted by Crippen LogP contribution is 2.17. The minimum Gasteiger partial charge on any atom is -0.394 e. The summed E-state index contributed by atoms with van der Waals surface area (Å²) in [6.07, 6.45) is 3.30. The summed E-state index contributed by atoms with van der Waals surface area (Å²) in [5.41, 5.74) is 1.28. The van der Waals surface area contributed by atoms with Crippen molar-refractivity contribution < 1.29 is 5.11 Å². The summed E-state index contributed by atoms with van der Waals surface area (Å²) in [4.78, 5) is 2.52. The van der Waals surface area contributed by atoms with Gasteiger partial charge in [-0.15, -0.1) is 0 Å². The molecule has 2 N–H and O–H groups in total. The van der Waals surface area contributed by atoms with Crippen molar-refractivity contribution in [3.8, 4) is 0 Å². The molecule has 1 aromatic carbocycles. The third kappa shape index (κ3) is 4.30. The van der Waals surface area contributed by atoms with Crippen molar-refractivity contribution >= 4 is 0 Å². The number of hydrogen-bond donors (Lipinski definition) is 2. The number of nitrogens with zero attached hydrogens (tertiary/aromatic N) is 1. The highest BCUT2D eigenvalue weighted by atomic mass is 16.3. The van der Waals surface area contributed by atoms with Crippen molar-refractivity contribution in [1.82, 2.24) is 10.2 Å². The van der Waals surface area contributed by atoms with E-state index >= 15 is 0 Å². The van der Waals surface area contributed by atoms with Crippen LogP contribution in [0.5, 0.6) is 0 Å². The molecule has 1 fully saturated rings. The molecule has 1 saturated heterocycles. The number of aliphatic hydroxyl groups is 1. The van der Waals surface area contributed by atoms with Crippen LogP contribution in [0.3, 0.4) is 0 Å². The largest absolute Gasteiger partial charge is 0.394 e. The van der Waals surface area contributed by atoms with Crippen LogP contribution in [0.4, 0.5) is 0 Å². The van der Waals surface area contributed by atoms with Crippen LogP contribution in [0.15, 0.2) is 30.3 Å². The number of likely N-dealkylation sites (tertiary alicyclic amines) is 1. The number of nitrogens with one attached hydrogen (secondary N) is 1. The molecule has 112 valence electrons. The highest BCUT2D eigenvalue weighted by molar-refractivity contribution is 5.14. The van der Waals surface area contributed by atoms with Crippen molar-refractivity contribution in [2.24, 2.45) is 0 Å². The van der Waals surface area contributed by atoms with E-state index in [2.05, 4.69) is 54.4 Å². The van der Waals surface area contributed by atoms with Crippen LogP contribution in [-0.2, 0) is 6.54 Å². The Morgan fingerprint density at radius 2 is 1.90 bits per heavy atom. The predicted octanol–water partition coefficient (Wildman–Crippen LogP) is 2.40. The molecule has 0 aliphatic carbocycles. The average molecular weight is 276 g/mol. The zero-order valence-corrected chi connectivity index (χ0v) is 12.8. The molecule has 0 spiro atoms. The Morgan fingerprint density at radius 3 is 2.45 bits per heavy atom. The highest BCUT2D eigenvalue weighted by Gasteiger charge is 2.27. The molecule has 20 heavy (non-hydrogen) atoms. The van der Waals surface area contributed by atoms with Crippen molar-refractivity contribution in [3.05, 3.63) is 35.9 Å². The van der Waals surface area contributed by atoms with Gasteiger partial charge >= 0.3 is 0 Å². The van der Waals surface area contributed by atoms with Gasteiger partial charge in [-0.3, -0.25) is 4.90 Å². The fraction of sp³-hybridized carbons (Fsp3) is 0.647. The van der Waals surface area contributed by atoms with Gasteiger partial charge in [0.15, 0.2) is 0 Å². The third-order valence-electron chi connectivity index (χ3n) is 4.52. The van der Waals surface area contributed by atoms with Crippen LogP contribution < -0.4 is 5.32 Å². The van der Waals surface area contributed by atoms with E-state index in [-0.39, 0.29) is 12.1 Å². The third-order valence-corrected chi connectivity index (χ3v) is 4.52. The SMILES string of the molecule is CCC(C)(CO)NC1CCN(Cc2ccccc2)CC1. The Kier molecular flexibility index (Phi) is 5.58. The molecule has 1 aliphatic rings. The summed E-state index contributed by atoms with van der Waals surface area (Å²) in [6.45, 7) is 7.79. The zero-order valence-electron chi connectivity index (χ0n) is 12.8. The number of hydrogen-bond acceptors (Lipinski definition) is 3. The van der Waals surface area contributed by atoms with Crippen molar-refractivity contribution in [2.45, 2.75) is 51.2 Å². The monoisotopic (exact) mass is 276 g/mol. The lowest BCUT2D eigenvalue weighted by atomic mass is 9.95. The maximum Gasteiger partial charge on any atom is 0.0610 e. The molecule has 3 heteroatoms. The standard InChI is InChI=1S/C17H28N2O/c1-3-17(2,14-20)18-16-9-11-19(12-10-16)13-15-7-5-4-6-8-15/h4-8,16,18,20H,3,9-14H2,1-2H3. The first kappa shape index (κ1) is 15.5. The topological polar surface area (TPSA) is 35.5 Å². The minimum absolute atomic E-state index is 0.119. The van der Waals surface area contributed by atoms with E-state index in [4.69, 9.17) is 0 Å². The number of rotatable bonds is 6. The summed E-state index contributed by atoms with van der Waals surface area (Å²) in [5, 5.41) is 13.1. The van der Waals surface area contributed by atoms with Crippen molar-refractivity contribution in [3.63, 3.8) is 0 Å². The van der Waals surface area contributed by atoms with E-state index in [0.29, 0.717) is 6.04 Å². The van der Waals surface area contributed by atoms with Crippen LogP contribution in [-0.4, -0.2) is 41.3 Å². The summed E-state index contributed by atoms with van der Waals surface area (Å²) in [5.74, 6) is 0. The Bertz CT molecular complexity index is 381. The van der Waals surface area contributed by atoms with Gasteiger partial charge < -0.3 is 10.4 Å². The van der Waals surface area contributed by atoms with Gasteiger partial charge in [0.05, 0.1) is 6.61 Å². The number of piperidine rings is 1. The first-order valence-electron chi connectivity index (χ1n) is 7.80. The first-order valence-corrected chi connectivity index (χ1v) is 7.80. The van der Waals surface area contributed by atoms with Gasteiger partial charge in [-0.2, -0.15) is 0 Å². The van der Waals surface area contributed by atoms with Crippen LogP contribution in [0, 0.1) is 0 Å². The van der Waals surface area contributed by atoms with Crippen molar-refractivity contribution in [1.29, 1.82) is 0 Å². The second kappa shape index (κ2) is 7.21. The number of benzene rings is 1. The van der Waals surface area contributed by atoms with Crippen LogP contribution in [0.1, 0.15) is 38.7 Å². The van der Waals surface area contributed by atoms with Gasteiger partial charge in [-0.05, 0) is 44.8 Å². The number of aliphatic hydroxyl groups excluding tert-OH is 1. The van der Waals surface area contributed by atoms with E-state index in [1.807, 2.05) is 0 Å². The summed E-state index contributed by atoms with van der Waals surface area (Å²) in [7, 11) is 0. The zero-order chi connectivity index (χ0) is 14.4. The van der Waals surface area contributed by atoms with Gasteiger partial charge in [0.1, 0.15) is 0 Å². The average Bonchev–Trinajstić information content (AvgIpc) is 2.50. The van der Waals surface area contributed by atoms with Crippen LogP contribution in [0.2, 0.25) is 0 Å². The van der Waals surface area contributed by atoms with Crippen LogP contribution >= 0.6 is 0 Å². The van der Waals surface area contributed by atoms with E-state index in [9.17, 15) is 5.11 Å². The van der Waals surface area contributed by atoms with Gasteiger partial charge in [0, 0.05) is 18.1 Å². The molecule has 2 rings (SSSR count).